The lowest BCUT2D eigenvalue weighted by Gasteiger charge is -2.33. The first kappa shape index (κ1) is 15.2. The fourth-order valence-electron chi connectivity index (χ4n) is 1.78. The zero-order valence-corrected chi connectivity index (χ0v) is 11.3. The van der Waals surface area contributed by atoms with Crippen molar-refractivity contribution >= 4 is 12.0 Å². The summed E-state index contributed by atoms with van der Waals surface area (Å²) in [5.74, 6) is -1.08. The minimum absolute atomic E-state index is 0.152. The van der Waals surface area contributed by atoms with Gasteiger partial charge in [0.15, 0.2) is 6.10 Å². The van der Waals surface area contributed by atoms with Gasteiger partial charge in [-0.3, -0.25) is 0 Å². The van der Waals surface area contributed by atoms with Gasteiger partial charge in [0.1, 0.15) is 6.04 Å². The van der Waals surface area contributed by atoms with E-state index < -0.39 is 29.6 Å². The molecule has 1 fully saturated rings. The Morgan fingerprint density at radius 3 is 2.63 bits per heavy atom. The summed E-state index contributed by atoms with van der Waals surface area (Å²) >= 11 is 0. The third-order valence-corrected chi connectivity index (χ3v) is 2.88. The van der Waals surface area contributed by atoms with E-state index in [9.17, 15) is 9.59 Å². The van der Waals surface area contributed by atoms with E-state index in [1.54, 1.807) is 20.8 Å². The first-order valence-corrected chi connectivity index (χ1v) is 6.05. The SMILES string of the molecule is CC(C)(C)[C@H](NC(=O)N1CCOC(C#N)C1)C(=O)O. The van der Waals surface area contributed by atoms with Gasteiger partial charge in [-0.25, -0.2) is 9.59 Å². The molecule has 2 atom stereocenters. The van der Waals surface area contributed by atoms with Gasteiger partial charge in [-0.15, -0.1) is 0 Å². The number of rotatable bonds is 2. The standard InChI is InChI=1S/C12H19N3O4/c1-12(2,3)9(10(16)17)14-11(18)15-4-5-19-8(6-13)7-15/h8-9H,4-5,7H2,1-3H3,(H,14,18)(H,16,17)/t8?,9-/m1/s1. The normalized spacial score (nSPS) is 21.4. The number of nitrogens with one attached hydrogen (secondary N) is 1. The number of nitrogens with zero attached hydrogens (tertiary/aromatic N) is 2. The van der Waals surface area contributed by atoms with Crippen LogP contribution in [-0.4, -0.2) is 53.8 Å². The van der Waals surface area contributed by atoms with Crippen LogP contribution in [0.5, 0.6) is 0 Å². The van der Waals surface area contributed by atoms with Gasteiger partial charge in [0, 0.05) is 6.54 Å². The van der Waals surface area contributed by atoms with Crippen molar-refractivity contribution in [2.24, 2.45) is 5.41 Å². The summed E-state index contributed by atoms with van der Waals surface area (Å²) in [7, 11) is 0. The number of aliphatic carboxylic acids is 1. The monoisotopic (exact) mass is 269 g/mol. The molecule has 0 saturated carbocycles. The molecule has 0 spiro atoms. The van der Waals surface area contributed by atoms with Gasteiger partial charge in [0.2, 0.25) is 0 Å². The average Bonchev–Trinajstić information content (AvgIpc) is 2.33. The lowest BCUT2D eigenvalue weighted by atomic mass is 9.87. The Morgan fingerprint density at radius 1 is 1.53 bits per heavy atom. The minimum Gasteiger partial charge on any atom is -0.480 e. The Labute approximate surface area is 112 Å². The van der Waals surface area contributed by atoms with E-state index in [1.807, 2.05) is 6.07 Å². The number of nitriles is 1. The number of amides is 2. The van der Waals surface area contributed by atoms with E-state index in [1.165, 1.54) is 4.90 Å². The van der Waals surface area contributed by atoms with E-state index in [-0.39, 0.29) is 13.2 Å². The highest BCUT2D eigenvalue weighted by Crippen LogP contribution is 2.20. The maximum Gasteiger partial charge on any atom is 0.326 e. The molecule has 19 heavy (non-hydrogen) atoms. The molecule has 0 aromatic carbocycles. The Balaban J connectivity index is 2.68. The topological polar surface area (TPSA) is 103 Å². The first-order valence-electron chi connectivity index (χ1n) is 6.05. The fourth-order valence-corrected chi connectivity index (χ4v) is 1.78. The zero-order chi connectivity index (χ0) is 14.6. The lowest BCUT2D eigenvalue weighted by molar-refractivity contribution is -0.142. The van der Waals surface area contributed by atoms with Gasteiger partial charge >= 0.3 is 12.0 Å². The highest BCUT2D eigenvalue weighted by Gasteiger charge is 2.34. The molecule has 1 aliphatic heterocycles. The second-order valence-electron chi connectivity index (χ2n) is 5.52. The predicted molar refractivity (Wildman–Crippen MR) is 66.3 cm³/mol. The van der Waals surface area contributed by atoms with E-state index >= 15 is 0 Å². The van der Waals surface area contributed by atoms with Gasteiger partial charge in [-0.05, 0) is 5.41 Å². The van der Waals surface area contributed by atoms with Crippen molar-refractivity contribution in [3.8, 4) is 6.07 Å². The smallest absolute Gasteiger partial charge is 0.326 e. The summed E-state index contributed by atoms with van der Waals surface area (Å²) in [6.45, 7) is 5.99. The van der Waals surface area contributed by atoms with Crippen molar-refractivity contribution < 1.29 is 19.4 Å². The Morgan fingerprint density at radius 2 is 2.16 bits per heavy atom. The van der Waals surface area contributed by atoms with Crippen molar-refractivity contribution in [2.45, 2.75) is 32.9 Å². The van der Waals surface area contributed by atoms with Crippen molar-refractivity contribution in [1.29, 1.82) is 5.26 Å². The van der Waals surface area contributed by atoms with E-state index in [4.69, 9.17) is 15.1 Å². The van der Waals surface area contributed by atoms with Gasteiger partial charge in [0.05, 0.1) is 19.2 Å². The van der Waals surface area contributed by atoms with Crippen LogP contribution < -0.4 is 5.32 Å². The van der Waals surface area contributed by atoms with E-state index in [0.717, 1.165) is 0 Å². The second kappa shape index (κ2) is 5.89. The molecule has 1 saturated heterocycles. The number of carbonyl (C=O) groups is 2. The molecular weight excluding hydrogens is 250 g/mol. The van der Waals surface area contributed by atoms with Crippen molar-refractivity contribution in [3.63, 3.8) is 0 Å². The number of hydrogen-bond acceptors (Lipinski definition) is 4. The molecule has 1 unspecified atom stereocenters. The first-order chi connectivity index (χ1) is 8.75. The summed E-state index contributed by atoms with van der Waals surface area (Å²) < 4.78 is 5.13. The Bertz CT molecular complexity index is 397. The molecular formula is C12H19N3O4. The molecule has 0 aromatic rings. The third-order valence-electron chi connectivity index (χ3n) is 2.88. The summed E-state index contributed by atoms with van der Waals surface area (Å²) in [6, 6.07) is 0.471. The lowest BCUT2D eigenvalue weighted by Crippen LogP contribution is -2.56. The van der Waals surface area contributed by atoms with Gasteiger partial charge in [-0.1, -0.05) is 20.8 Å². The molecule has 0 aromatic heterocycles. The molecule has 2 amide bonds. The van der Waals surface area contributed by atoms with Crippen molar-refractivity contribution in [1.82, 2.24) is 10.2 Å². The largest absolute Gasteiger partial charge is 0.480 e. The van der Waals surface area contributed by atoms with Crippen LogP contribution in [0.3, 0.4) is 0 Å². The number of carboxylic acid groups (broad SMARTS) is 1. The molecule has 1 rings (SSSR count). The van der Waals surface area contributed by atoms with E-state index in [2.05, 4.69) is 5.32 Å². The van der Waals surface area contributed by atoms with Crippen molar-refractivity contribution in [2.75, 3.05) is 19.7 Å². The number of hydrogen-bond donors (Lipinski definition) is 2. The third kappa shape index (κ3) is 4.10. The molecule has 0 radical (unpaired) electrons. The molecule has 2 N–H and O–H groups in total. The quantitative estimate of drug-likeness (QED) is 0.756. The molecule has 0 aliphatic carbocycles. The number of carboxylic acids is 1. The van der Waals surface area contributed by atoms with Crippen LogP contribution in [0.15, 0.2) is 0 Å². The average molecular weight is 269 g/mol. The van der Waals surface area contributed by atoms with Crippen molar-refractivity contribution in [3.05, 3.63) is 0 Å². The van der Waals surface area contributed by atoms with Crippen LogP contribution in [0.4, 0.5) is 4.79 Å². The summed E-state index contributed by atoms with van der Waals surface area (Å²) in [4.78, 5) is 24.6. The maximum absolute atomic E-state index is 12.0. The number of carbonyl (C=O) groups excluding carboxylic acids is 1. The molecule has 7 nitrogen and oxygen atoms in total. The molecule has 1 heterocycles. The Kier molecular flexibility index (Phi) is 4.72. The van der Waals surface area contributed by atoms with E-state index in [0.29, 0.717) is 6.54 Å². The molecule has 106 valence electrons. The van der Waals surface area contributed by atoms with Crippen LogP contribution >= 0.6 is 0 Å². The highest BCUT2D eigenvalue weighted by molar-refractivity contribution is 5.83. The van der Waals surface area contributed by atoms with Crippen LogP contribution in [0.1, 0.15) is 20.8 Å². The second-order valence-corrected chi connectivity index (χ2v) is 5.52. The molecule has 1 aliphatic rings. The Hall–Kier alpha value is -1.81. The predicted octanol–water partition coefficient (Wildman–Crippen LogP) is 0.420. The van der Waals surface area contributed by atoms with Crippen LogP contribution in [-0.2, 0) is 9.53 Å². The molecule has 7 heteroatoms. The number of urea groups is 1. The van der Waals surface area contributed by atoms with Gasteiger partial charge < -0.3 is 20.1 Å². The molecule has 0 bridgehead atoms. The van der Waals surface area contributed by atoms with Gasteiger partial charge in [0.25, 0.3) is 0 Å². The van der Waals surface area contributed by atoms with Crippen LogP contribution in [0.2, 0.25) is 0 Å². The summed E-state index contributed by atoms with van der Waals surface area (Å²) in [5, 5.41) is 20.4. The zero-order valence-electron chi connectivity index (χ0n) is 11.3. The van der Waals surface area contributed by atoms with Crippen LogP contribution in [0.25, 0.3) is 0 Å². The fraction of sp³-hybridized carbons (Fsp3) is 0.750. The summed E-state index contributed by atoms with van der Waals surface area (Å²) in [6.07, 6.45) is -0.655. The van der Waals surface area contributed by atoms with Crippen LogP contribution in [0, 0.1) is 16.7 Å². The van der Waals surface area contributed by atoms with Gasteiger partial charge in [-0.2, -0.15) is 5.26 Å². The number of ether oxygens (including phenoxy) is 1. The maximum atomic E-state index is 12.0. The number of morpholine rings is 1. The summed E-state index contributed by atoms with van der Waals surface area (Å²) in [5.41, 5.74) is -0.595. The minimum atomic E-state index is -1.08. The highest BCUT2D eigenvalue weighted by atomic mass is 16.5.